The Balaban J connectivity index is 2.10. The number of carbonyl (C=O) groups excluding carboxylic acids is 1. The molecule has 0 spiro atoms. The summed E-state index contributed by atoms with van der Waals surface area (Å²) < 4.78 is 51.7. The average molecular weight is 348 g/mol. The van der Waals surface area contributed by atoms with E-state index < -0.39 is 23.5 Å². The van der Waals surface area contributed by atoms with Crippen LogP contribution in [0.5, 0.6) is 0 Å². The number of halogens is 4. The van der Waals surface area contributed by atoms with E-state index in [9.17, 15) is 27.5 Å². The molecule has 2 rings (SSSR count). The fourth-order valence-corrected chi connectivity index (χ4v) is 2.85. The van der Waals surface area contributed by atoms with E-state index in [1.807, 2.05) is 11.8 Å². The first-order valence-corrected chi connectivity index (χ1v) is 7.78. The van der Waals surface area contributed by atoms with Crippen LogP contribution < -0.4 is 0 Å². The summed E-state index contributed by atoms with van der Waals surface area (Å²) in [4.78, 5) is 15.8. The third-order valence-electron chi connectivity index (χ3n) is 4.27. The highest BCUT2D eigenvalue weighted by Crippen LogP contribution is 2.30. The van der Waals surface area contributed by atoms with Crippen LogP contribution in [0, 0.1) is 5.82 Å². The van der Waals surface area contributed by atoms with Gasteiger partial charge in [0.25, 0.3) is 5.91 Å². The maximum atomic E-state index is 13.4. The number of aliphatic hydroxyl groups excluding tert-OH is 1. The molecule has 1 N–H and O–H groups in total. The Morgan fingerprint density at radius 3 is 2.33 bits per heavy atom. The number of carbonyl (C=O) groups is 1. The first kappa shape index (κ1) is 18.7. The molecule has 1 atom stereocenters. The Labute approximate surface area is 137 Å². The molecule has 1 saturated heterocycles. The molecular formula is C16H20F4N2O2. The second-order valence-corrected chi connectivity index (χ2v) is 5.80. The van der Waals surface area contributed by atoms with Crippen molar-refractivity contribution in [2.45, 2.75) is 25.6 Å². The molecule has 0 aliphatic carbocycles. The van der Waals surface area contributed by atoms with Crippen molar-refractivity contribution in [2.24, 2.45) is 0 Å². The van der Waals surface area contributed by atoms with Gasteiger partial charge in [-0.3, -0.25) is 9.69 Å². The molecule has 0 saturated carbocycles. The quantitative estimate of drug-likeness (QED) is 0.850. The monoisotopic (exact) mass is 348 g/mol. The van der Waals surface area contributed by atoms with E-state index in [-0.39, 0.29) is 18.2 Å². The fourth-order valence-electron chi connectivity index (χ4n) is 2.85. The topological polar surface area (TPSA) is 43.8 Å². The third-order valence-corrected chi connectivity index (χ3v) is 4.27. The van der Waals surface area contributed by atoms with Crippen molar-refractivity contribution in [2.75, 3.05) is 32.8 Å². The highest BCUT2D eigenvalue weighted by atomic mass is 19.4. The molecule has 4 nitrogen and oxygen atoms in total. The maximum absolute atomic E-state index is 13.4. The van der Waals surface area contributed by atoms with Gasteiger partial charge in [0.15, 0.2) is 0 Å². The number of amides is 1. The van der Waals surface area contributed by atoms with E-state index in [1.165, 1.54) is 4.90 Å². The van der Waals surface area contributed by atoms with Crippen molar-refractivity contribution >= 4 is 5.91 Å². The number of alkyl halides is 3. The molecule has 24 heavy (non-hydrogen) atoms. The smallest absolute Gasteiger partial charge is 0.395 e. The van der Waals surface area contributed by atoms with Crippen LogP contribution in [0.1, 0.15) is 29.3 Å². The summed E-state index contributed by atoms with van der Waals surface area (Å²) in [6, 6.07) is 1.89. The van der Waals surface area contributed by atoms with E-state index in [4.69, 9.17) is 0 Å². The molecule has 134 valence electrons. The third kappa shape index (κ3) is 4.24. The number of benzene rings is 1. The van der Waals surface area contributed by atoms with E-state index in [1.54, 1.807) is 0 Å². The van der Waals surface area contributed by atoms with Crippen LogP contribution in [-0.4, -0.2) is 59.6 Å². The molecule has 1 aliphatic heterocycles. The molecule has 1 fully saturated rings. The van der Waals surface area contributed by atoms with Gasteiger partial charge < -0.3 is 10.0 Å². The summed E-state index contributed by atoms with van der Waals surface area (Å²) in [5.74, 6) is -1.70. The molecule has 0 bridgehead atoms. The van der Waals surface area contributed by atoms with Gasteiger partial charge in [0.2, 0.25) is 0 Å². The minimum absolute atomic E-state index is 0.00764. The van der Waals surface area contributed by atoms with Gasteiger partial charge >= 0.3 is 6.18 Å². The standard InChI is InChI=1S/C16H20F4N2O2/c1-2-14(10-23)21-3-5-22(6-4-21)15(24)11-7-12(16(18,19)20)9-13(17)8-11/h7-9,14,23H,2-6,10H2,1H3. The summed E-state index contributed by atoms with van der Waals surface area (Å²) in [6.07, 6.45) is -3.94. The van der Waals surface area contributed by atoms with Crippen molar-refractivity contribution < 1.29 is 27.5 Å². The van der Waals surface area contributed by atoms with Crippen LogP contribution in [0.25, 0.3) is 0 Å². The average Bonchev–Trinajstić information content (AvgIpc) is 2.54. The first-order chi connectivity index (χ1) is 11.3. The Hall–Kier alpha value is -1.67. The Morgan fingerprint density at radius 1 is 1.21 bits per heavy atom. The van der Waals surface area contributed by atoms with Gasteiger partial charge in [0.05, 0.1) is 12.2 Å². The molecule has 0 aromatic heterocycles. The lowest BCUT2D eigenvalue weighted by molar-refractivity contribution is -0.137. The summed E-state index contributed by atoms with van der Waals surface area (Å²) in [6.45, 7) is 3.66. The van der Waals surface area contributed by atoms with Crippen molar-refractivity contribution in [1.82, 2.24) is 9.80 Å². The molecule has 1 heterocycles. The van der Waals surface area contributed by atoms with Crippen LogP contribution in [0.2, 0.25) is 0 Å². The number of hydrogen-bond acceptors (Lipinski definition) is 3. The first-order valence-electron chi connectivity index (χ1n) is 7.78. The highest BCUT2D eigenvalue weighted by Gasteiger charge is 2.33. The van der Waals surface area contributed by atoms with Gasteiger partial charge in [0, 0.05) is 37.8 Å². The van der Waals surface area contributed by atoms with Crippen LogP contribution in [0.15, 0.2) is 18.2 Å². The number of aliphatic hydroxyl groups is 1. The van der Waals surface area contributed by atoms with Crippen LogP contribution in [0.3, 0.4) is 0 Å². The molecule has 8 heteroatoms. The summed E-state index contributed by atoms with van der Waals surface area (Å²) in [5.41, 5.74) is -1.47. The van der Waals surface area contributed by atoms with E-state index in [2.05, 4.69) is 0 Å². The lowest BCUT2D eigenvalue weighted by atomic mass is 10.1. The zero-order valence-electron chi connectivity index (χ0n) is 13.3. The molecule has 1 aromatic rings. The minimum atomic E-state index is -4.70. The van der Waals surface area contributed by atoms with E-state index in [0.29, 0.717) is 38.3 Å². The number of hydrogen-bond donors (Lipinski definition) is 1. The molecular weight excluding hydrogens is 328 g/mol. The SMILES string of the molecule is CCC(CO)N1CCN(C(=O)c2cc(F)cc(C(F)(F)F)c2)CC1. The lowest BCUT2D eigenvalue weighted by Crippen LogP contribution is -2.52. The van der Waals surface area contributed by atoms with Gasteiger partial charge in [-0.05, 0) is 24.6 Å². The number of piperazine rings is 1. The molecule has 1 aliphatic rings. The number of rotatable bonds is 4. The minimum Gasteiger partial charge on any atom is -0.395 e. The van der Waals surface area contributed by atoms with Crippen LogP contribution >= 0.6 is 0 Å². The molecule has 1 amide bonds. The molecule has 0 radical (unpaired) electrons. The van der Waals surface area contributed by atoms with Crippen LogP contribution in [0.4, 0.5) is 17.6 Å². The van der Waals surface area contributed by atoms with Gasteiger partial charge in [-0.2, -0.15) is 13.2 Å². The summed E-state index contributed by atoms with van der Waals surface area (Å²) >= 11 is 0. The zero-order valence-corrected chi connectivity index (χ0v) is 13.3. The van der Waals surface area contributed by atoms with Gasteiger partial charge in [-0.25, -0.2) is 4.39 Å². The number of nitrogens with zero attached hydrogens (tertiary/aromatic N) is 2. The molecule has 1 aromatic carbocycles. The van der Waals surface area contributed by atoms with Crippen LogP contribution in [-0.2, 0) is 6.18 Å². The highest BCUT2D eigenvalue weighted by molar-refractivity contribution is 5.94. The van der Waals surface area contributed by atoms with Gasteiger partial charge in [-0.15, -0.1) is 0 Å². The maximum Gasteiger partial charge on any atom is 0.416 e. The second kappa shape index (κ2) is 7.48. The molecule has 1 unspecified atom stereocenters. The summed E-state index contributed by atoms with van der Waals surface area (Å²) in [5, 5.41) is 9.30. The van der Waals surface area contributed by atoms with Crippen molar-refractivity contribution in [3.8, 4) is 0 Å². The lowest BCUT2D eigenvalue weighted by Gasteiger charge is -2.38. The van der Waals surface area contributed by atoms with E-state index >= 15 is 0 Å². The normalized spacial score (nSPS) is 17.8. The van der Waals surface area contributed by atoms with Crippen molar-refractivity contribution in [3.05, 3.63) is 35.1 Å². The van der Waals surface area contributed by atoms with Gasteiger partial charge in [-0.1, -0.05) is 6.92 Å². The predicted octanol–water partition coefficient (Wildman–Crippen LogP) is 2.37. The zero-order chi connectivity index (χ0) is 17.9. The second-order valence-electron chi connectivity index (χ2n) is 5.80. The van der Waals surface area contributed by atoms with Gasteiger partial charge in [0.1, 0.15) is 5.82 Å². The largest absolute Gasteiger partial charge is 0.416 e. The Morgan fingerprint density at radius 2 is 1.83 bits per heavy atom. The summed E-state index contributed by atoms with van der Waals surface area (Å²) in [7, 11) is 0. The predicted molar refractivity (Wildman–Crippen MR) is 80.0 cm³/mol. The Kier molecular flexibility index (Phi) is 5.82. The Bertz CT molecular complexity index is 580. The van der Waals surface area contributed by atoms with Crippen molar-refractivity contribution in [3.63, 3.8) is 0 Å². The van der Waals surface area contributed by atoms with Crippen molar-refractivity contribution in [1.29, 1.82) is 0 Å². The fraction of sp³-hybridized carbons (Fsp3) is 0.562. The van der Waals surface area contributed by atoms with E-state index in [0.717, 1.165) is 12.5 Å².